The Morgan fingerprint density at radius 3 is 2.74 bits per heavy atom. The Hall–Kier alpha value is -4.22. The fourth-order valence-corrected chi connectivity index (χ4v) is 3.89. The molecule has 178 valence electrons. The number of halogens is 1. The Labute approximate surface area is 200 Å². The minimum Gasteiger partial charge on any atom is -0.368 e. The third-order valence-corrected chi connectivity index (χ3v) is 5.73. The van der Waals surface area contributed by atoms with Crippen LogP contribution in [0.15, 0.2) is 55.1 Å². The minimum absolute atomic E-state index is 0.0341. The first kappa shape index (κ1) is 22.6. The van der Waals surface area contributed by atoms with E-state index in [2.05, 4.69) is 25.0 Å². The molecule has 0 radical (unpaired) electrons. The number of H-pyrrole nitrogens is 1. The van der Waals surface area contributed by atoms with Crippen LogP contribution in [0, 0.1) is 5.82 Å². The van der Waals surface area contributed by atoms with E-state index in [0.717, 1.165) is 5.56 Å². The van der Waals surface area contributed by atoms with Gasteiger partial charge in [-0.05, 0) is 30.7 Å². The highest BCUT2D eigenvalue weighted by Gasteiger charge is 2.33. The Balaban J connectivity index is 1.64. The van der Waals surface area contributed by atoms with E-state index in [9.17, 15) is 4.39 Å². The molecule has 1 atom stereocenters. The smallest absolute Gasteiger partial charge is 0.220 e. The number of nitrogens with zero attached hydrogens (tertiary/aromatic N) is 6. The number of ether oxygens (including phenoxy) is 2. The molecule has 1 unspecified atom stereocenters. The van der Waals surface area contributed by atoms with Gasteiger partial charge < -0.3 is 20.2 Å². The summed E-state index contributed by atoms with van der Waals surface area (Å²) in [6, 6.07) is 7.88. The van der Waals surface area contributed by atoms with Crippen molar-refractivity contribution in [1.29, 1.82) is 0 Å². The molecule has 0 amide bonds. The van der Waals surface area contributed by atoms with Crippen molar-refractivity contribution in [3.63, 3.8) is 0 Å². The molecule has 11 heteroatoms. The van der Waals surface area contributed by atoms with Gasteiger partial charge in [-0.25, -0.2) is 24.3 Å². The van der Waals surface area contributed by atoms with Crippen LogP contribution in [0.2, 0.25) is 0 Å². The molecule has 0 fully saturated rings. The molecule has 5 aromatic rings. The van der Waals surface area contributed by atoms with Crippen LogP contribution in [0.1, 0.15) is 18.2 Å². The van der Waals surface area contributed by atoms with Crippen LogP contribution in [0.4, 0.5) is 10.3 Å². The second-order valence-electron chi connectivity index (χ2n) is 8.15. The summed E-state index contributed by atoms with van der Waals surface area (Å²) in [5.41, 5.74) is 9.86. The first-order valence-electron chi connectivity index (χ1n) is 10.7. The quantitative estimate of drug-likeness (QED) is 0.343. The van der Waals surface area contributed by atoms with E-state index in [-0.39, 0.29) is 12.7 Å². The average Bonchev–Trinajstić information content (AvgIpc) is 3.48. The van der Waals surface area contributed by atoms with Crippen molar-refractivity contribution in [2.45, 2.75) is 12.5 Å². The van der Waals surface area contributed by atoms with E-state index in [1.54, 1.807) is 48.4 Å². The normalized spacial score (nSPS) is 13.3. The largest absolute Gasteiger partial charge is 0.368 e. The monoisotopic (exact) mass is 474 g/mol. The Morgan fingerprint density at radius 1 is 1.14 bits per heavy atom. The number of hydrogen-bond acceptors (Lipinski definition) is 8. The van der Waals surface area contributed by atoms with Gasteiger partial charge in [0.1, 0.15) is 23.7 Å². The zero-order chi connectivity index (χ0) is 24.6. The van der Waals surface area contributed by atoms with Gasteiger partial charge in [0.05, 0.1) is 29.5 Å². The SMILES string of the molecule is COCOC(C)(c1cccc(F)c1)c1cc(-c2c[nH]c3ncc(-c4cnn(C)c4)nc23)nc(N)n1. The molecule has 0 aliphatic carbocycles. The summed E-state index contributed by atoms with van der Waals surface area (Å²) in [5.74, 6) is -0.362. The lowest BCUT2D eigenvalue weighted by atomic mass is 9.91. The maximum absolute atomic E-state index is 14.1. The summed E-state index contributed by atoms with van der Waals surface area (Å²) in [4.78, 5) is 21.3. The molecule has 0 spiro atoms. The molecule has 0 saturated heterocycles. The maximum atomic E-state index is 14.1. The summed E-state index contributed by atoms with van der Waals surface area (Å²) in [7, 11) is 3.35. The van der Waals surface area contributed by atoms with Gasteiger partial charge in [0.15, 0.2) is 5.65 Å². The van der Waals surface area contributed by atoms with Crippen molar-refractivity contribution in [3.8, 4) is 22.5 Å². The molecule has 3 N–H and O–H groups in total. The van der Waals surface area contributed by atoms with Gasteiger partial charge in [0.2, 0.25) is 5.95 Å². The minimum atomic E-state index is -1.16. The highest BCUT2D eigenvalue weighted by atomic mass is 19.1. The predicted molar refractivity (Wildman–Crippen MR) is 127 cm³/mol. The Morgan fingerprint density at radius 2 is 2.00 bits per heavy atom. The molecular formula is C24H23FN8O2. The fourth-order valence-electron chi connectivity index (χ4n) is 3.89. The number of hydrogen-bond donors (Lipinski definition) is 2. The zero-order valence-electron chi connectivity index (χ0n) is 19.4. The lowest BCUT2D eigenvalue weighted by molar-refractivity contribution is -0.109. The number of aromatic nitrogens is 7. The highest BCUT2D eigenvalue weighted by molar-refractivity contribution is 5.90. The molecule has 4 aromatic heterocycles. The number of anilines is 1. The van der Waals surface area contributed by atoms with Gasteiger partial charge in [-0.1, -0.05) is 12.1 Å². The number of rotatable bonds is 7. The van der Waals surface area contributed by atoms with Crippen molar-refractivity contribution < 1.29 is 13.9 Å². The second kappa shape index (κ2) is 8.85. The van der Waals surface area contributed by atoms with Crippen LogP contribution in [-0.2, 0) is 22.1 Å². The van der Waals surface area contributed by atoms with Gasteiger partial charge >= 0.3 is 0 Å². The summed E-state index contributed by atoms with van der Waals surface area (Å²) in [6.45, 7) is 1.74. The van der Waals surface area contributed by atoms with E-state index in [4.69, 9.17) is 20.2 Å². The number of nitrogens with two attached hydrogens (primary N) is 1. The van der Waals surface area contributed by atoms with Crippen LogP contribution >= 0.6 is 0 Å². The number of aromatic amines is 1. The lowest BCUT2D eigenvalue weighted by Gasteiger charge is -2.30. The Bertz CT molecular complexity index is 1510. The number of nitrogens with one attached hydrogen (secondary N) is 1. The van der Waals surface area contributed by atoms with E-state index in [1.807, 2.05) is 13.2 Å². The van der Waals surface area contributed by atoms with Crippen molar-refractivity contribution >= 4 is 17.1 Å². The number of aryl methyl sites for hydroxylation is 1. The molecule has 5 rings (SSSR count). The molecule has 10 nitrogen and oxygen atoms in total. The predicted octanol–water partition coefficient (Wildman–Crippen LogP) is 3.42. The molecule has 4 heterocycles. The summed E-state index contributed by atoms with van der Waals surface area (Å²) in [5, 5.41) is 4.20. The van der Waals surface area contributed by atoms with Gasteiger partial charge in [-0.15, -0.1) is 0 Å². The summed E-state index contributed by atoms with van der Waals surface area (Å²) >= 11 is 0. The summed E-state index contributed by atoms with van der Waals surface area (Å²) < 4.78 is 27.0. The van der Waals surface area contributed by atoms with Crippen LogP contribution in [0.5, 0.6) is 0 Å². The van der Waals surface area contributed by atoms with E-state index < -0.39 is 11.4 Å². The first-order chi connectivity index (χ1) is 16.9. The van der Waals surface area contributed by atoms with Crippen molar-refractivity contribution in [2.75, 3.05) is 19.6 Å². The van der Waals surface area contributed by atoms with Gasteiger partial charge in [0.25, 0.3) is 0 Å². The van der Waals surface area contributed by atoms with Crippen LogP contribution in [0.3, 0.4) is 0 Å². The molecule has 0 bridgehead atoms. The van der Waals surface area contributed by atoms with Gasteiger partial charge in [0, 0.05) is 37.7 Å². The molecule has 0 saturated carbocycles. The number of nitrogen functional groups attached to an aromatic ring is 1. The van der Waals surface area contributed by atoms with Crippen LogP contribution < -0.4 is 5.73 Å². The van der Waals surface area contributed by atoms with E-state index in [0.29, 0.717) is 39.4 Å². The zero-order valence-corrected chi connectivity index (χ0v) is 19.4. The number of benzene rings is 1. The third kappa shape index (κ3) is 4.22. The number of methoxy groups -OCH3 is 1. The number of fused-ring (bicyclic) bond motifs is 1. The fraction of sp³-hybridized carbons (Fsp3) is 0.208. The van der Waals surface area contributed by atoms with Crippen molar-refractivity contribution in [1.82, 2.24) is 34.7 Å². The van der Waals surface area contributed by atoms with Crippen molar-refractivity contribution in [2.24, 2.45) is 7.05 Å². The summed E-state index contributed by atoms with van der Waals surface area (Å²) in [6.07, 6.45) is 7.03. The van der Waals surface area contributed by atoms with Crippen molar-refractivity contribution in [3.05, 3.63) is 72.2 Å². The van der Waals surface area contributed by atoms with Gasteiger partial charge in [-0.2, -0.15) is 5.10 Å². The topological polar surface area (TPSA) is 130 Å². The maximum Gasteiger partial charge on any atom is 0.220 e. The second-order valence-corrected chi connectivity index (χ2v) is 8.15. The standard InChI is InChI=1S/C24H23FN8O2/c1-24(35-13-34-3,15-5-4-6-16(25)7-15)20-8-18(31-23(26)32-20)17-10-27-22-21(17)30-19(11-28-22)14-9-29-33(2)12-14/h4-12H,13H2,1-3H3,(H,27,28)(H2,26,31,32). The van der Waals surface area contributed by atoms with E-state index >= 15 is 0 Å². The Kier molecular flexibility index (Phi) is 5.71. The van der Waals surface area contributed by atoms with Gasteiger partial charge in [-0.3, -0.25) is 4.68 Å². The molecule has 0 aliphatic rings. The molecule has 1 aromatic carbocycles. The molecule has 35 heavy (non-hydrogen) atoms. The third-order valence-electron chi connectivity index (χ3n) is 5.73. The average molecular weight is 475 g/mol. The molecule has 0 aliphatic heterocycles. The first-order valence-corrected chi connectivity index (χ1v) is 10.7. The highest BCUT2D eigenvalue weighted by Crippen LogP contribution is 2.36. The molecular weight excluding hydrogens is 451 g/mol. The van der Waals surface area contributed by atoms with E-state index in [1.165, 1.54) is 19.2 Å². The van der Waals surface area contributed by atoms with Crippen LogP contribution in [-0.4, -0.2) is 48.6 Å². The van der Waals surface area contributed by atoms with Crippen LogP contribution in [0.25, 0.3) is 33.7 Å². The lowest BCUT2D eigenvalue weighted by Crippen LogP contribution is -2.30.